The van der Waals surface area contributed by atoms with Crippen molar-refractivity contribution in [3.05, 3.63) is 59.1 Å². The Bertz CT molecular complexity index is 641. The van der Waals surface area contributed by atoms with Crippen molar-refractivity contribution in [3.63, 3.8) is 0 Å². The van der Waals surface area contributed by atoms with E-state index >= 15 is 0 Å². The first-order valence-electron chi connectivity index (χ1n) is 8.10. The van der Waals surface area contributed by atoms with Crippen LogP contribution in [0.25, 0.3) is 0 Å². The summed E-state index contributed by atoms with van der Waals surface area (Å²) in [5, 5.41) is 4.99. The Kier molecular flexibility index (Phi) is 5.19. The average molecular weight is 328 g/mol. The number of halogens is 1. The number of hydrogen-bond donors (Lipinski definition) is 1. The second-order valence-corrected chi connectivity index (χ2v) is 6.57. The van der Waals surface area contributed by atoms with Crippen LogP contribution in [0.5, 0.6) is 0 Å². The van der Waals surface area contributed by atoms with Crippen LogP contribution in [0, 0.1) is 5.92 Å². The van der Waals surface area contributed by atoms with Crippen molar-refractivity contribution in [1.82, 2.24) is 0 Å². The summed E-state index contributed by atoms with van der Waals surface area (Å²) in [6, 6.07) is 16.1. The van der Waals surface area contributed by atoms with Gasteiger partial charge in [0.05, 0.1) is 11.9 Å². The molecule has 0 radical (unpaired) electrons. The van der Waals surface area contributed by atoms with E-state index < -0.39 is 0 Å². The van der Waals surface area contributed by atoms with Crippen molar-refractivity contribution in [2.45, 2.75) is 19.8 Å². The van der Waals surface area contributed by atoms with Crippen molar-refractivity contribution in [1.29, 1.82) is 0 Å². The van der Waals surface area contributed by atoms with Crippen LogP contribution in [0.15, 0.2) is 53.6 Å². The van der Waals surface area contributed by atoms with Crippen molar-refractivity contribution < 1.29 is 0 Å². The molecule has 1 N–H and O–H groups in total. The minimum atomic E-state index is 0.724. The number of anilines is 2. The SMILES string of the molecule is CC1CCN(c2ccc(C=NNc3ccc(Cl)cc3)cc2)CC1. The number of nitrogens with one attached hydrogen (secondary N) is 1. The van der Waals surface area contributed by atoms with Crippen molar-refractivity contribution in [2.24, 2.45) is 11.0 Å². The number of piperidine rings is 1. The predicted molar refractivity (Wildman–Crippen MR) is 99.7 cm³/mol. The lowest BCUT2D eigenvalue weighted by Crippen LogP contribution is -2.32. The fourth-order valence-electron chi connectivity index (χ4n) is 2.74. The van der Waals surface area contributed by atoms with Gasteiger partial charge in [0, 0.05) is 23.8 Å². The third kappa shape index (κ3) is 4.49. The smallest absolute Gasteiger partial charge is 0.0562 e. The third-order valence-electron chi connectivity index (χ3n) is 4.29. The zero-order valence-corrected chi connectivity index (χ0v) is 14.1. The Morgan fingerprint density at radius 2 is 1.70 bits per heavy atom. The van der Waals surface area contributed by atoms with Crippen LogP contribution in [-0.2, 0) is 0 Å². The number of hydrazone groups is 1. The molecule has 0 atom stereocenters. The predicted octanol–water partition coefficient (Wildman–Crippen LogP) is 5.02. The quantitative estimate of drug-likeness (QED) is 0.630. The van der Waals surface area contributed by atoms with Crippen LogP contribution in [0.2, 0.25) is 5.02 Å². The average Bonchev–Trinajstić information content (AvgIpc) is 2.58. The molecule has 0 spiro atoms. The first-order valence-corrected chi connectivity index (χ1v) is 8.48. The Morgan fingerprint density at radius 3 is 2.35 bits per heavy atom. The van der Waals surface area contributed by atoms with E-state index in [2.05, 4.69) is 46.6 Å². The minimum absolute atomic E-state index is 0.724. The molecule has 120 valence electrons. The molecule has 1 heterocycles. The van der Waals surface area contributed by atoms with E-state index in [1.807, 2.05) is 30.5 Å². The molecule has 1 saturated heterocycles. The Morgan fingerprint density at radius 1 is 1.04 bits per heavy atom. The Balaban J connectivity index is 1.56. The van der Waals surface area contributed by atoms with Crippen LogP contribution < -0.4 is 10.3 Å². The van der Waals surface area contributed by atoms with Gasteiger partial charge in [-0.2, -0.15) is 5.10 Å². The van der Waals surface area contributed by atoms with Gasteiger partial charge in [0.25, 0.3) is 0 Å². The lowest BCUT2D eigenvalue weighted by Gasteiger charge is -2.32. The van der Waals surface area contributed by atoms with E-state index in [0.29, 0.717) is 0 Å². The maximum Gasteiger partial charge on any atom is 0.0562 e. The molecule has 1 fully saturated rings. The molecule has 23 heavy (non-hydrogen) atoms. The fourth-order valence-corrected chi connectivity index (χ4v) is 2.87. The number of rotatable bonds is 4. The van der Waals surface area contributed by atoms with Crippen molar-refractivity contribution in [2.75, 3.05) is 23.4 Å². The lowest BCUT2D eigenvalue weighted by molar-refractivity contribution is 0.438. The molecule has 2 aromatic rings. The van der Waals surface area contributed by atoms with Crippen LogP contribution in [-0.4, -0.2) is 19.3 Å². The molecule has 3 rings (SSSR count). The first-order chi connectivity index (χ1) is 11.2. The molecule has 0 aliphatic carbocycles. The van der Waals surface area contributed by atoms with Crippen molar-refractivity contribution in [3.8, 4) is 0 Å². The van der Waals surface area contributed by atoms with Crippen LogP contribution >= 0.6 is 11.6 Å². The molecule has 1 aliphatic rings. The molecular formula is C19H22ClN3. The van der Waals surface area contributed by atoms with Crippen LogP contribution in [0.3, 0.4) is 0 Å². The summed E-state index contributed by atoms with van der Waals surface area (Å²) in [6.45, 7) is 4.66. The summed E-state index contributed by atoms with van der Waals surface area (Å²) in [4.78, 5) is 2.47. The fraction of sp³-hybridized carbons (Fsp3) is 0.316. The maximum absolute atomic E-state index is 5.86. The van der Waals surface area contributed by atoms with Crippen LogP contribution in [0.1, 0.15) is 25.3 Å². The highest BCUT2D eigenvalue weighted by Crippen LogP contribution is 2.23. The van der Waals surface area contributed by atoms with Gasteiger partial charge in [-0.3, -0.25) is 5.43 Å². The van der Waals surface area contributed by atoms with Gasteiger partial charge >= 0.3 is 0 Å². The summed E-state index contributed by atoms with van der Waals surface area (Å²) < 4.78 is 0. The summed E-state index contributed by atoms with van der Waals surface area (Å²) in [6.07, 6.45) is 4.40. The molecule has 0 amide bonds. The largest absolute Gasteiger partial charge is 0.372 e. The topological polar surface area (TPSA) is 27.6 Å². The normalized spacial score (nSPS) is 16.0. The standard InChI is InChI=1S/C19H22ClN3/c1-15-10-12-23(13-11-15)19-8-2-16(3-9-19)14-21-22-18-6-4-17(20)5-7-18/h2-9,14-15,22H,10-13H2,1H3. The highest BCUT2D eigenvalue weighted by molar-refractivity contribution is 6.30. The maximum atomic E-state index is 5.86. The number of benzene rings is 2. The van der Waals surface area contributed by atoms with Gasteiger partial charge in [-0.1, -0.05) is 30.7 Å². The van der Waals surface area contributed by atoms with Gasteiger partial charge in [0.15, 0.2) is 0 Å². The third-order valence-corrected chi connectivity index (χ3v) is 4.55. The highest BCUT2D eigenvalue weighted by Gasteiger charge is 2.15. The van der Waals surface area contributed by atoms with E-state index in [-0.39, 0.29) is 0 Å². The summed E-state index contributed by atoms with van der Waals surface area (Å²) in [5.74, 6) is 0.858. The molecule has 3 nitrogen and oxygen atoms in total. The van der Waals surface area contributed by atoms with Gasteiger partial charge in [-0.05, 0) is 60.7 Å². The molecule has 0 unspecified atom stereocenters. The van der Waals surface area contributed by atoms with E-state index in [1.54, 1.807) is 0 Å². The van der Waals surface area contributed by atoms with E-state index in [9.17, 15) is 0 Å². The Labute approximate surface area is 143 Å². The first kappa shape index (κ1) is 15.9. The number of nitrogens with zero attached hydrogens (tertiary/aromatic N) is 2. The van der Waals surface area contributed by atoms with E-state index in [0.717, 1.165) is 35.3 Å². The number of hydrogen-bond acceptors (Lipinski definition) is 3. The molecule has 0 aromatic heterocycles. The second-order valence-electron chi connectivity index (χ2n) is 6.14. The second kappa shape index (κ2) is 7.51. The van der Waals surface area contributed by atoms with Gasteiger partial charge < -0.3 is 4.90 Å². The van der Waals surface area contributed by atoms with Gasteiger partial charge in [0.1, 0.15) is 0 Å². The summed E-state index contributed by atoms with van der Waals surface area (Å²) in [7, 11) is 0. The zero-order valence-electron chi connectivity index (χ0n) is 13.4. The zero-order chi connectivity index (χ0) is 16.1. The molecule has 2 aromatic carbocycles. The summed E-state index contributed by atoms with van der Waals surface area (Å²) in [5.41, 5.74) is 6.31. The van der Waals surface area contributed by atoms with E-state index in [1.165, 1.54) is 18.5 Å². The molecular weight excluding hydrogens is 306 g/mol. The molecule has 0 bridgehead atoms. The molecule has 1 aliphatic heterocycles. The molecule has 0 saturated carbocycles. The van der Waals surface area contributed by atoms with E-state index in [4.69, 9.17) is 11.6 Å². The van der Waals surface area contributed by atoms with Gasteiger partial charge in [-0.25, -0.2) is 0 Å². The van der Waals surface area contributed by atoms with Crippen molar-refractivity contribution >= 4 is 29.2 Å². The summed E-state index contributed by atoms with van der Waals surface area (Å²) >= 11 is 5.86. The monoisotopic (exact) mass is 327 g/mol. The Hall–Kier alpha value is -2.00. The van der Waals surface area contributed by atoms with Gasteiger partial charge in [0.2, 0.25) is 0 Å². The lowest BCUT2D eigenvalue weighted by atomic mass is 9.99. The minimum Gasteiger partial charge on any atom is -0.372 e. The highest BCUT2D eigenvalue weighted by atomic mass is 35.5. The van der Waals surface area contributed by atoms with Gasteiger partial charge in [-0.15, -0.1) is 0 Å². The van der Waals surface area contributed by atoms with Crippen LogP contribution in [0.4, 0.5) is 11.4 Å². The molecule has 4 heteroatoms.